The lowest BCUT2D eigenvalue weighted by Crippen LogP contribution is -2.38. The number of fused-ring (bicyclic) bond motifs is 2. The molecule has 2 bridgehead atoms. The van der Waals surface area contributed by atoms with Gasteiger partial charge in [0.25, 0.3) is 11.8 Å². The van der Waals surface area contributed by atoms with Gasteiger partial charge in [0, 0.05) is 37.9 Å². The van der Waals surface area contributed by atoms with E-state index >= 15 is 0 Å². The van der Waals surface area contributed by atoms with E-state index in [1.165, 1.54) is 0 Å². The van der Waals surface area contributed by atoms with E-state index in [0.29, 0.717) is 53.3 Å². The lowest BCUT2D eigenvalue weighted by atomic mass is 10.1. The molecule has 1 saturated carbocycles. The zero-order valence-electron chi connectivity index (χ0n) is 16.2. The van der Waals surface area contributed by atoms with Crippen LogP contribution < -0.4 is 20.9 Å². The summed E-state index contributed by atoms with van der Waals surface area (Å²) in [4.78, 5) is 39.9. The number of anilines is 2. The maximum absolute atomic E-state index is 12.6. The van der Waals surface area contributed by atoms with Gasteiger partial charge in [0.2, 0.25) is 5.95 Å². The van der Waals surface area contributed by atoms with Gasteiger partial charge < -0.3 is 25.8 Å². The molecule has 0 atom stereocenters. The monoisotopic (exact) mass is 393 g/mol. The Labute approximate surface area is 168 Å². The SMILES string of the molecule is Cc1cc2c([nH]1)/C=C1\C(=O)Nc3cnc(nc31)N(C1CC1)CCNCCNC2=O. The van der Waals surface area contributed by atoms with Crippen molar-refractivity contribution in [1.82, 2.24) is 25.6 Å². The Hall–Kier alpha value is -3.20. The summed E-state index contributed by atoms with van der Waals surface area (Å²) in [6.45, 7) is 4.63. The van der Waals surface area contributed by atoms with Crippen LogP contribution >= 0.6 is 0 Å². The number of hydrogen-bond donors (Lipinski definition) is 4. The van der Waals surface area contributed by atoms with Crippen LogP contribution in [0.2, 0.25) is 0 Å². The van der Waals surface area contributed by atoms with Gasteiger partial charge in [-0.2, -0.15) is 0 Å². The number of amides is 2. The standard InChI is InChI=1S/C20H23N7O2/c1-11-8-13-15(24-11)9-14-17-16(25-19(14)29)10-23-20(26-17)27(12-2-3-12)7-6-21-4-5-22-18(13)28/h8-10,12,21,24H,2-7H2,1H3,(H,22,28)(H,25,29)/b14-9-. The molecule has 9 heteroatoms. The van der Waals surface area contributed by atoms with E-state index in [0.717, 1.165) is 31.6 Å². The number of H-pyrrole nitrogens is 1. The van der Waals surface area contributed by atoms with Gasteiger partial charge in [0.15, 0.2) is 0 Å². The topological polar surface area (TPSA) is 115 Å². The molecule has 0 unspecified atom stereocenters. The maximum atomic E-state index is 12.6. The zero-order valence-corrected chi connectivity index (χ0v) is 16.2. The summed E-state index contributed by atoms with van der Waals surface area (Å²) in [5.41, 5.74) is 3.57. The highest BCUT2D eigenvalue weighted by Crippen LogP contribution is 2.35. The molecule has 2 aromatic rings. The van der Waals surface area contributed by atoms with Gasteiger partial charge in [-0.1, -0.05) is 0 Å². The third-order valence-electron chi connectivity index (χ3n) is 5.40. The molecule has 0 saturated heterocycles. The van der Waals surface area contributed by atoms with Crippen LogP contribution in [0.1, 0.15) is 40.3 Å². The fourth-order valence-corrected chi connectivity index (χ4v) is 3.81. The van der Waals surface area contributed by atoms with Crippen molar-refractivity contribution in [3.05, 3.63) is 34.9 Å². The van der Waals surface area contributed by atoms with Crippen molar-refractivity contribution in [1.29, 1.82) is 0 Å². The van der Waals surface area contributed by atoms with Crippen molar-refractivity contribution in [2.24, 2.45) is 0 Å². The van der Waals surface area contributed by atoms with Crippen LogP contribution in [-0.4, -0.2) is 59.0 Å². The van der Waals surface area contributed by atoms with Crippen LogP contribution in [0, 0.1) is 6.92 Å². The van der Waals surface area contributed by atoms with Gasteiger partial charge in [-0.25, -0.2) is 9.97 Å². The van der Waals surface area contributed by atoms with Crippen molar-refractivity contribution in [3.8, 4) is 0 Å². The fourth-order valence-electron chi connectivity index (χ4n) is 3.81. The Morgan fingerprint density at radius 1 is 1.14 bits per heavy atom. The first kappa shape index (κ1) is 17.9. The summed E-state index contributed by atoms with van der Waals surface area (Å²) in [7, 11) is 0. The molecule has 0 spiro atoms. The van der Waals surface area contributed by atoms with Gasteiger partial charge >= 0.3 is 0 Å². The number of aryl methyl sites for hydroxylation is 1. The van der Waals surface area contributed by atoms with Gasteiger partial charge in [0.1, 0.15) is 5.69 Å². The van der Waals surface area contributed by atoms with Crippen molar-refractivity contribution in [2.45, 2.75) is 25.8 Å². The van der Waals surface area contributed by atoms with E-state index in [9.17, 15) is 9.59 Å². The third kappa shape index (κ3) is 3.38. The Balaban J connectivity index is 1.62. The van der Waals surface area contributed by atoms with Gasteiger partial charge in [-0.3, -0.25) is 9.59 Å². The largest absolute Gasteiger partial charge is 0.358 e. The fraction of sp³-hybridized carbons (Fsp3) is 0.400. The lowest BCUT2D eigenvalue weighted by molar-refractivity contribution is -0.110. The second-order valence-corrected chi connectivity index (χ2v) is 7.65. The van der Waals surface area contributed by atoms with Crippen LogP contribution in [0.25, 0.3) is 11.6 Å². The molecule has 0 aromatic carbocycles. The highest BCUT2D eigenvalue weighted by Gasteiger charge is 2.33. The number of hydrogen-bond acceptors (Lipinski definition) is 6. The summed E-state index contributed by atoms with van der Waals surface area (Å²) < 4.78 is 0. The Morgan fingerprint density at radius 2 is 2.00 bits per heavy atom. The highest BCUT2D eigenvalue weighted by molar-refractivity contribution is 6.34. The minimum absolute atomic E-state index is 0.167. The molecule has 1 aliphatic carbocycles. The number of carbonyl (C=O) groups excluding carboxylic acids is 2. The minimum atomic E-state index is -0.242. The molecule has 4 N–H and O–H groups in total. The molecule has 4 heterocycles. The van der Waals surface area contributed by atoms with Gasteiger partial charge in [-0.15, -0.1) is 0 Å². The average Bonchev–Trinajstić information content (AvgIpc) is 3.40. The van der Waals surface area contributed by atoms with Crippen LogP contribution in [-0.2, 0) is 4.79 Å². The first-order valence-corrected chi connectivity index (χ1v) is 9.96. The number of aromatic amines is 1. The normalized spacial score (nSPS) is 21.4. The molecule has 5 rings (SSSR count). The molecule has 2 amide bonds. The van der Waals surface area contributed by atoms with Crippen molar-refractivity contribution >= 4 is 35.1 Å². The summed E-state index contributed by atoms with van der Waals surface area (Å²) in [5, 5.41) is 9.13. The molecule has 2 aromatic heterocycles. The molecule has 9 nitrogen and oxygen atoms in total. The Kier molecular flexibility index (Phi) is 4.31. The molecule has 0 radical (unpaired) electrons. The minimum Gasteiger partial charge on any atom is -0.358 e. The van der Waals surface area contributed by atoms with E-state index in [2.05, 4.69) is 30.8 Å². The van der Waals surface area contributed by atoms with Gasteiger partial charge in [0.05, 0.1) is 28.7 Å². The quantitative estimate of drug-likeness (QED) is 0.573. The second kappa shape index (κ2) is 7.00. The number of aromatic nitrogens is 3. The lowest BCUT2D eigenvalue weighted by Gasteiger charge is -2.23. The van der Waals surface area contributed by atoms with Crippen LogP contribution in [0.15, 0.2) is 12.3 Å². The molecular weight excluding hydrogens is 370 g/mol. The van der Waals surface area contributed by atoms with Crippen LogP contribution in [0.4, 0.5) is 11.6 Å². The first-order valence-electron chi connectivity index (χ1n) is 9.96. The third-order valence-corrected chi connectivity index (χ3v) is 5.40. The molecule has 3 aliphatic rings. The number of rotatable bonds is 1. The van der Waals surface area contributed by atoms with E-state index in [4.69, 9.17) is 4.98 Å². The Bertz CT molecular complexity index is 1020. The van der Waals surface area contributed by atoms with Crippen molar-refractivity contribution in [2.75, 3.05) is 36.4 Å². The molecule has 2 aliphatic heterocycles. The number of carbonyl (C=O) groups is 2. The zero-order chi connectivity index (χ0) is 20.0. The average molecular weight is 393 g/mol. The van der Waals surface area contributed by atoms with Crippen LogP contribution in [0.5, 0.6) is 0 Å². The first-order chi connectivity index (χ1) is 14.1. The van der Waals surface area contributed by atoms with E-state index < -0.39 is 0 Å². The summed E-state index contributed by atoms with van der Waals surface area (Å²) >= 11 is 0. The molecule has 150 valence electrons. The van der Waals surface area contributed by atoms with E-state index in [1.54, 1.807) is 18.3 Å². The smallest absolute Gasteiger partial charge is 0.258 e. The molecule has 29 heavy (non-hydrogen) atoms. The Morgan fingerprint density at radius 3 is 2.83 bits per heavy atom. The molecular formula is C20H23N7O2. The van der Waals surface area contributed by atoms with Gasteiger partial charge in [-0.05, 0) is 31.9 Å². The number of nitrogens with zero attached hydrogens (tertiary/aromatic N) is 3. The maximum Gasteiger partial charge on any atom is 0.258 e. The second-order valence-electron chi connectivity index (χ2n) is 7.65. The van der Waals surface area contributed by atoms with Crippen molar-refractivity contribution < 1.29 is 9.59 Å². The predicted molar refractivity (Wildman–Crippen MR) is 110 cm³/mol. The predicted octanol–water partition coefficient (Wildman–Crippen LogP) is 0.908. The summed E-state index contributed by atoms with van der Waals surface area (Å²) in [5.74, 6) is 0.232. The van der Waals surface area contributed by atoms with Crippen molar-refractivity contribution in [3.63, 3.8) is 0 Å². The van der Waals surface area contributed by atoms with Crippen LogP contribution in [0.3, 0.4) is 0 Å². The van der Waals surface area contributed by atoms with E-state index in [1.807, 2.05) is 6.92 Å². The highest BCUT2D eigenvalue weighted by atomic mass is 16.2. The van der Waals surface area contributed by atoms with E-state index in [-0.39, 0.29) is 11.8 Å². The number of nitrogens with one attached hydrogen (secondary N) is 4. The summed E-state index contributed by atoms with van der Waals surface area (Å²) in [6, 6.07) is 2.24. The summed E-state index contributed by atoms with van der Waals surface area (Å²) in [6.07, 6.45) is 5.63. The molecule has 1 fully saturated rings.